The lowest BCUT2D eigenvalue weighted by molar-refractivity contribution is -0.162. The number of benzene rings is 1. The quantitative estimate of drug-likeness (QED) is 0.165. The zero-order valence-electron chi connectivity index (χ0n) is 22.2. The Morgan fingerprint density at radius 2 is 1.66 bits per heavy atom. The fourth-order valence-electron chi connectivity index (χ4n) is 4.26. The van der Waals surface area contributed by atoms with E-state index < -0.39 is 24.1 Å². The predicted octanol–water partition coefficient (Wildman–Crippen LogP) is 1.77. The van der Waals surface area contributed by atoms with Crippen LogP contribution in [0.4, 0.5) is 0 Å². The molecule has 0 spiro atoms. The van der Waals surface area contributed by atoms with Crippen molar-refractivity contribution >= 4 is 16.7 Å². The molecule has 1 aliphatic heterocycles. The number of fused-ring (bicyclic) bond motifs is 1. The van der Waals surface area contributed by atoms with Crippen LogP contribution in [0.1, 0.15) is 46.1 Å². The summed E-state index contributed by atoms with van der Waals surface area (Å²) in [5.41, 5.74) is -0.684. The van der Waals surface area contributed by atoms with E-state index in [9.17, 15) is 25.2 Å². The van der Waals surface area contributed by atoms with Crippen LogP contribution in [-0.4, -0.2) is 95.3 Å². The first kappa shape index (κ1) is 29.9. The first-order valence-corrected chi connectivity index (χ1v) is 12.9. The van der Waals surface area contributed by atoms with Gasteiger partial charge in [0.15, 0.2) is 0 Å². The van der Waals surface area contributed by atoms with Gasteiger partial charge in [0.25, 0.3) is 0 Å². The molecule has 12 heteroatoms. The maximum Gasteiger partial charge on any atom is 0.306 e. The fraction of sp³-hybridized carbons (Fsp3) is 0.654. The summed E-state index contributed by atoms with van der Waals surface area (Å²) in [6.07, 6.45) is -0.934. The molecule has 0 radical (unpaired) electrons. The van der Waals surface area contributed by atoms with Crippen molar-refractivity contribution < 1.29 is 48.9 Å². The van der Waals surface area contributed by atoms with Crippen molar-refractivity contribution in [2.24, 2.45) is 0 Å². The molecule has 5 N–H and O–H groups in total. The van der Waals surface area contributed by atoms with E-state index in [0.29, 0.717) is 62.2 Å². The van der Waals surface area contributed by atoms with Crippen molar-refractivity contribution in [3.8, 4) is 17.5 Å². The van der Waals surface area contributed by atoms with E-state index in [2.05, 4.69) is 5.32 Å². The number of piperidine rings is 1. The van der Waals surface area contributed by atoms with Crippen LogP contribution in [0.5, 0.6) is 17.5 Å². The second kappa shape index (κ2) is 14.0. The molecule has 3 rings (SSSR count). The second-order valence-corrected chi connectivity index (χ2v) is 9.68. The van der Waals surface area contributed by atoms with Crippen LogP contribution in [0.25, 0.3) is 10.8 Å². The monoisotopic (exact) mass is 540 g/mol. The van der Waals surface area contributed by atoms with E-state index in [4.69, 9.17) is 23.7 Å². The van der Waals surface area contributed by atoms with Gasteiger partial charge in [-0.1, -0.05) is 13.0 Å². The summed E-state index contributed by atoms with van der Waals surface area (Å²) >= 11 is 0. The molecule has 2 aromatic rings. The van der Waals surface area contributed by atoms with Crippen LogP contribution in [0.3, 0.4) is 0 Å². The van der Waals surface area contributed by atoms with Crippen molar-refractivity contribution in [2.75, 3.05) is 46.2 Å². The van der Waals surface area contributed by atoms with E-state index >= 15 is 0 Å². The SMILES string of the molecule is CCC(=O)OC(C)(C)COCCOCCOCCOc1cccc2c(O)n(C3CCC(O)NC3O)c(O)c12. The minimum Gasteiger partial charge on any atom is -0.494 e. The Hall–Kier alpha value is -2.61. The lowest BCUT2D eigenvalue weighted by Crippen LogP contribution is -2.47. The van der Waals surface area contributed by atoms with Crippen LogP contribution in [-0.2, 0) is 23.7 Å². The van der Waals surface area contributed by atoms with E-state index in [1.54, 1.807) is 39.0 Å². The second-order valence-electron chi connectivity index (χ2n) is 9.68. The average Bonchev–Trinajstić information content (AvgIpc) is 3.12. The van der Waals surface area contributed by atoms with Crippen molar-refractivity contribution in [1.29, 1.82) is 0 Å². The molecule has 0 amide bonds. The number of nitrogens with one attached hydrogen (secondary N) is 1. The van der Waals surface area contributed by atoms with Crippen LogP contribution in [0.2, 0.25) is 0 Å². The van der Waals surface area contributed by atoms with Gasteiger partial charge in [-0.2, -0.15) is 0 Å². The number of carbonyl (C=O) groups excluding carboxylic acids is 1. The molecule has 12 nitrogen and oxygen atoms in total. The maximum atomic E-state index is 11.4. The van der Waals surface area contributed by atoms with Gasteiger partial charge >= 0.3 is 5.97 Å². The zero-order chi connectivity index (χ0) is 27.7. The Labute approximate surface area is 222 Å². The number of nitrogens with zero attached hydrogens (tertiary/aromatic N) is 1. The smallest absolute Gasteiger partial charge is 0.306 e. The molecular formula is C26H40N2O10. The third kappa shape index (κ3) is 7.95. The van der Waals surface area contributed by atoms with Crippen LogP contribution in [0, 0.1) is 0 Å². The molecule has 3 unspecified atom stereocenters. The largest absolute Gasteiger partial charge is 0.494 e. The molecule has 0 bridgehead atoms. The van der Waals surface area contributed by atoms with Gasteiger partial charge in [0, 0.05) is 6.42 Å². The van der Waals surface area contributed by atoms with Crippen molar-refractivity contribution in [3.63, 3.8) is 0 Å². The number of rotatable bonds is 15. The minimum atomic E-state index is -1.14. The first-order valence-electron chi connectivity index (χ1n) is 12.9. The number of esters is 1. The van der Waals surface area contributed by atoms with Crippen LogP contribution >= 0.6 is 0 Å². The number of aromatic hydroxyl groups is 2. The van der Waals surface area contributed by atoms with Gasteiger partial charge in [0.05, 0.1) is 56.5 Å². The lowest BCUT2D eigenvalue weighted by atomic mass is 10.0. The van der Waals surface area contributed by atoms with Crippen LogP contribution in [0.15, 0.2) is 18.2 Å². The molecular weight excluding hydrogens is 500 g/mol. The Kier molecular flexibility index (Phi) is 11.0. The zero-order valence-corrected chi connectivity index (χ0v) is 22.2. The number of carbonyl (C=O) groups is 1. The van der Waals surface area contributed by atoms with Crippen molar-refractivity contribution in [1.82, 2.24) is 9.88 Å². The number of hydrogen-bond acceptors (Lipinski definition) is 11. The molecule has 214 valence electrons. The Morgan fingerprint density at radius 3 is 2.32 bits per heavy atom. The number of hydrogen-bond donors (Lipinski definition) is 5. The summed E-state index contributed by atoms with van der Waals surface area (Å²) in [7, 11) is 0. The lowest BCUT2D eigenvalue weighted by Gasteiger charge is -2.33. The summed E-state index contributed by atoms with van der Waals surface area (Å²) in [6.45, 7) is 7.57. The van der Waals surface area contributed by atoms with Gasteiger partial charge < -0.3 is 44.1 Å². The number of aliphatic hydroxyl groups excluding tert-OH is 2. The molecule has 1 aromatic carbocycles. The molecule has 3 atom stereocenters. The highest BCUT2D eigenvalue weighted by atomic mass is 16.6. The Morgan fingerprint density at radius 1 is 1.00 bits per heavy atom. The molecule has 0 aliphatic carbocycles. The molecule has 38 heavy (non-hydrogen) atoms. The highest BCUT2D eigenvalue weighted by Crippen LogP contribution is 2.45. The third-order valence-corrected chi connectivity index (χ3v) is 6.10. The van der Waals surface area contributed by atoms with Crippen molar-refractivity contribution in [2.45, 2.75) is 64.1 Å². The Balaban J connectivity index is 1.37. The van der Waals surface area contributed by atoms with E-state index in [1.807, 2.05) is 0 Å². The third-order valence-electron chi connectivity index (χ3n) is 6.10. The minimum absolute atomic E-state index is 0.187. The standard InChI is InChI=1S/C26H40N2O10/c1-4-21(30)38-26(2,3)16-36-13-12-34-10-11-35-14-15-37-19-7-5-6-17-22(19)25(33)28(24(17)32)18-8-9-20(29)27-23(18)31/h5-7,18,20,23,27,29,31-33H,4,8-16H2,1-3H3. The van der Waals surface area contributed by atoms with Crippen LogP contribution < -0.4 is 10.1 Å². The summed E-state index contributed by atoms with van der Waals surface area (Å²) in [5, 5.41) is 45.0. The van der Waals surface area contributed by atoms with Gasteiger partial charge in [0.2, 0.25) is 11.8 Å². The normalized spacial score (nSPS) is 20.1. The average molecular weight is 541 g/mol. The van der Waals surface area contributed by atoms with E-state index in [0.717, 1.165) is 0 Å². The topological polar surface area (TPSA) is 161 Å². The molecule has 1 aromatic heterocycles. The van der Waals surface area contributed by atoms with Crippen molar-refractivity contribution in [3.05, 3.63) is 18.2 Å². The van der Waals surface area contributed by atoms with Gasteiger partial charge in [-0.15, -0.1) is 0 Å². The number of ether oxygens (including phenoxy) is 5. The molecule has 1 saturated heterocycles. The highest BCUT2D eigenvalue weighted by molar-refractivity contribution is 5.97. The van der Waals surface area contributed by atoms with Gasteiger partial charge in [0.1, 0.15) is 30.4 Å². The Bertz CT molecular complexity index is 1040. The summed E-state index contributed by atoms with van der Waals surface area (Å²) in [4.78, 5) is 11.4. The predicted molar refractivity (Wildman–Crippen MR) is 137 cm³/mol. The van der Waals surface area contributed by atoms with Gasteiger partial charge in [-0.3, -0.25) is 14.7 Å². The summed E-state index contributed by atoms with van der Waals surface area (Å²) < 4.78 is 28.9. The van der Waals surface area contributed by atoms with Gasteiger partial charge in [-0.25, -0.2) is 0 Å². The molecule has 2 heterocycles. The molecule has 1 fully saturated rings. The van der Waals surface area contributed by atoms with E-state index in [-0.39, 0.29) is 37.5 Å². The summed E-state index contributed by atoms with van der Waals surface area (Å²) in [6, 6.07) is 4.38. The molecule has 0 saturated carbocycles. The fourth-order valence-corrected chi connectivity index (χ4v) is 4.26. The van der Waals surface area contributed by atoms with Gasteiger partial charge in [-0.05, 0) is 38.8 Å². The molecule has 1 aliphatic rings. The maximum absolute atomic E-state index is 11.4. The first-order chi connectivity index (χ1) is 18.1. The highest BCUT2D eigenvalue weighted by Gasteiger charge is 2.33. The number of aromatic nitrogens is 1. The van der Waals surface area contributed by atoms with E-state index in [1.165, 1.54) is 4.57 Å². The summed E-state index contributed by atoms with van der Waals surface area (Å²) in [5.74, 6) is -0.303. The number of aliphatic hydroxyl groups is 2.